The SMILES string of the molecule is CC1(S(=O)(=O)n2cc(-c3ccnc(NC(=O)C4CC4)c3)c3cccc(N)c32)C=CC=CC1. The second-order valence-electron chi connectivity index (χ2n) is 8.58. The van der Waals surface area contributed by atoms with Crippen LogP contribution >= 0.6 is 0 Å². The first-order chi connectivity index (χ1) is 15.3. The van der Waals surface area contributed by atoms with E-state index in [4.69, 9.17) is 5.73 Å². The van der Waals surface area contributed by atoms with Gasteiger partial charge in [0, 0.05) is 29.3 Å². The number of benzene rings is 1. The summed E-state index contributed by atoms with van der Waals surface area (Å²) in [6.07, 6.45) is 12.6. The van der Waals surface area contributed by atoms with Gasteiger partial charge in [-0.2, -0.15) is 0 Å². The lowest BCUT2D eigenvalue weighted by atomic mass is 10.0. The van der Waals surface area contributed by atoms with Crippen molar-refractivity contribution in [3.8, 4) is 11.1 Å². The van der Waals surface area contributed by atoms with E-state index < -0.39 is 14.8 Å². The molecule has 3 aromatic rings. The average Bonchev–Trinajstić information content (AvgIpc) is 3.55. The number of fused-ring (bicyclic) bond motifs is 1. The van der Waals surface area contributed by atoms with Crippen LogP contribution in [0, 0.1) is 5.92 Å². The van der Waals surface area contributed by atoms with E-state index in [-0.39, 0.29) is 11.8 Å². The van der Waals surface area contributed by atoms with E-state index in [0.29, 0.717) is 29.0 Å². The molecule has 1 aromatic carbocycles. The molecular weight excluding hydrogens is 424 g/mol. The van der Waals surface area contributed by atoms with E-state index in [1.807, 2.05) is 18.2 Å². The summed E-state index contributed by atoms with van der Waals surface area (Å²) in [5.74, 6) is 0.471. The number of nitrogens with two attached hydrogens (primary N) is 1. The summed E-state index contributed by atoms with van der Waals surface area (Å²) in [4.78, 5) is 16.4. The Bertz CT molecular complexity index is 1400. The zero-order valence-electron chi connectivity index (χ0n) is 17.7. The molecule has 7 nitrogen and oxygen atoms in total. The van der Waals surface area contributed by atoms with Crippen molar-refractivity contribution in [1.29, 1.82) is 0 Å². The first-order valence-corrected chi connectivity index (χ1v) is 12.0. The van der Waals surface area contributed by atoms with Crippen LogP contribution < -0.4 is 11.1 Å². The van der Waals surface area contributed by atoms with Crippen molar-refractivity contribution in [2.24, 2.45) is 5.92 Å². The van der Waals surface area contributed by atoms with Crippen molar-refractivity contribution in [2.75, 3.05) is 11.1 Å². The molecule has 0 bridgehead atoms. The lowest BCUT2D eigenvalue weighted by molar-refractivity contribution is -0.117. The highest BCUT2D eigenvalue weighted by Crippen LogP contribution is 2.39. The number of hydrogen-bond acceptors (Lipinski definition) is 5. The van der Waals surface area contributed by atoms with Gasteiger partial charge in [-0.15, -0.1) is 0 Å². The first-order valence-electron chi connectivity index (χ1n) is 10.6. The summed E-state index contributed by atoms with van der Waals surface area (Å²) >= 11 is 0. The fourth-order valence-electron chi connectivity index (χ4n) is 4.06. The Hall–Kier alpha value is -3.39. The molecule has 164 valence electrons. The van der Waals surface area contributed by atoms with E-state index in [1.165, 1.54) is 3.97 Å². The van der Waals surface area contributed by atoms with Crippen molar-refractivity contribution in [2.45, 2.75) is 30.9 Å². The predicted molar refractivity (Wildman–Crippen MR) is 127 cm³/mol. The summed E-state index contributed by atoms with van der Waals surface area (Å²) < 4.78 is 27.8. The van der Waals surface area contributed by atoms with E-state index >= 15 is 0 Å². The van der Waals surface area contributed by atoms with E-state index in [0.717, 1.165) is 23.8 Å². The van der Waals surface area contributed by atoms with Gasteiger partial charge in [0.25, 0.3) is 0 Å². The van der Waals surface area contributed by atoms with Crippen LogP contribution in [0.2, 0.25) is 0 Å². The van der Waals surface area contributed by atoms with Gasteiger partial charge in [-0.1, -0.05) is 36.4 Å². The Morgan fingerprint density at radius 2 is 2.06 bits per heavy atom. The van der Waals surface area contributed by atoms with Gasteiger partial charge in [0.05, 0.1) is 11.2 Å². The number of pyridine rings is 1. The van der Waals surface area contributed by atoms with Crippen LogP contribution in [0.4, 0.5) is 11.5 Å². The molecule has 0 aliphatic heterocycles. The van der Waals surface area contributed by atoms with Gasteiger partial charge in [0.1, 0.15) is 10.6 Å². The zero-order valence-corrected chi connectivity index (χ0v) is 18.5. The Labute approximate surface area is 186 Å². The summed E-state index contributed by atoms with van der Waals surface area (Å²) in [6, 6.07) is 8.92. The molecule has 32 heavy (non-hydrogen) atoms. The summed E-state index contributed by atoms with van der Waals surface area (Å²) in [6.45, 7) is 1.71. The second-order valence-corrected chi connectivity index (χ2v) is 10.9. The van der Waals surface area contributed by atoms with Gasteiger partial charge in [0.2, 0.25) is 15.9 Å². The highest BCUT2D eigenvalue weighted by Gasteiger charge is 2.39. The third-order valence-electron chi connectivity index (χ3n) is 6.16. The van der Waals surface area contributed by atoms with Gasteiger partial charge >= 0.3 is 0 Å². The number of anilines is 2. The molecule has 2 heterocycles. The van der Waals surface area contributed by atoms with E-state index in [9.17, 15) is 13.2 Å². The van der Waals surface area contributed by atoms with Crippen LogP contribution in [-0.4, -0.2) is 28.0 Å². The maximum atomic E-state index is 13.8. The van der Waals surface area contributed by atoms with Gasteiger partial charge < -0.3 is 11.1 Å². The Balaban J connectivity index is 1.65. The quantitative estimate of drug-likeness (QED) is 0.572. The van der Waals surface area contributed by atoms with Gasteiger partial charge in [-0.05, 0) is 49.9 Å². The second kappa shape index (κ2) is 7.34. The lowest BCUT2D eigenvalue weighted by Crippen LogP contribution is -2.37. The summed E-state index contributed by atoms with van der Waals surface area (Å²) in [5, 5.41) is 3.57. The van der Waals surface area contributed by atoms with Gasteiger partial charge in [-0.3, -0.25) is 4.79 Å². The van der Waals surface area contributed by atoms with Crippen molar-refractivity contribution < 1.29 is 13.2 Å². The van der Waals surface area contributed by atoms with Crippen LogP contribution in [0.1, 0.15) is 26.2 Å². The highest BCUT2D eigenvalue weighted by molar-refractivity contribution is 7.91. The molecule has 1 amide bonds. The minimum atomic E-state index is -3.82. The molecule has 0 saturated heterocycles. The number of carbonyl (C=O) groups is 1. The van der Waals surface area contributed by atoms with Crippen LogP contribution in [0.15, 0.2) is 67.0 Å². The fraction of sp³-hybridized carbons (Fsp3) is 0.250. The number of nitrogen functional groups attached to an aromatic ring is 1. The maximum absolute atomic E-state index is 13.8. The number of aromatic nitrogens is 2. The van der Waals surface area contributed by atoms with Crippen LogP contribution in [0.3, 0.4) is 0 Å². The number of carbonyl (C=O) groups excluding carboxylic acids is 1. The van der Waals surface area contributed by atoms with Crippen LogP contribution in [-0.2, 0) is 14.8 Å². The summed E-state index contributed by atoms with van der Waals surface area (Å²) in [5.41, 5.74) is 8.56. The van der Waals surface area contributed by atoms with E-state index in [1.54, 1.807) is 55.7 Å². The smallest absolute Gasteiger partial charge is 0.248 e. The third kappa shape index (κ3) is 3.31. The van der Waals surface area contributed by atoms with Crippen LogP contribution in [0.5, 0.6) is 0 Å². The molecule has 2 aliphatic carbocycles. The molecule has 3 N–H and O–H groups in total. The van der Waals surface area contributed by atoms with Crippen LogP contribution in [0.25, 0.3) is 22.0 Å². The maximum Gasteiger partial charge on any atom is 0.248 e. The number of rotatable bonds is 5. The molecule has 1 atom stereocenters. The van der Waals surface area contributed by atoms with Crippen molar-refractivity contribution >= 4 is 38.3 Å². The average molecular weight is 449 g/mol. The first kappa shape index (κ1) is 20.5. The minimum Gasteiger partial charge on any atom is -0.397 e. The van der Waals surface area contributed by atoms with Gasteiger partial charge in [0.15, 0.2) is 0 Å². The standard InChI is InChI=1S/C24H24N4O3S/c1-24(11-3-2-4-12-24)32(30,31)28-15-19(18-6-5-7-20(25)22(18)28)17-10-13-26-21(14-17)27-23(29)16-8-9-16/h2-7,10-11,13-16H,8-9,12,25H2,1H3,(H,26,27,29). The normalized spacial score (nSPS) is 20.5. The Morgan fingerprint density at radius 1 is 1.25 bits per heavy atom. The topological polar surface area (TPSA) is 107 Å². The molecule has 0 spiro atoms. The van der Waals surface area contributed by atoms with Crippen molar-refractivity contribution in [1.82, 2.24) is 8.96 Å². The number of allylic oxidation sites excluding steroid dienone is 3. The predicted octanol–water partition coefficient (Wildman–Crippen LogP) is 4.09. The fourth-order valence-corrected chi connectivity index (χ4v) is 5.75. The number of nitrogens with zero attached hydrogens (tertiary/aromatic N) is 2. The Kier molecular flexibility index (Phi) is 4.70. The molecule has 1 fully saturated rings. The molecule has 8 heteroatoms. The monoisotopic (exact) mass is 448 g/mol. The highest BCUT2D eigenvalue weighted by atomic mass is 32.2. The number of para-hydroxylation sites is 1. The van der Waals surface area contributed by atoms with Crippen molar-refractivity contribution in [3.63, 3.8) is 0 Å². The molecule has 1 unspecified atom stereocenters. The van der Waals surface area contributed by atoms with Gasteiger partial charge in [-0.25, -0.2) is 17.4 Å². The zero-order chi connectivity index (χ0) is 22.5. The summed E-state index contributed by atoms with van der Waals surface area (Å²) in [7, 11) is -3.82. The largest absolute Gasteiger partial charge is 0.397 e. The third-order valence-corrected chi connectivity index (χ3v) is 8.45. The number of hydrogen-bond donors (Lipinski definition) is 2. The minimum absolute atomic E-state index is 0.0334. The molecule has 5 rings (SSSR count). The molecule has 2 aromatic heterocycles. The Morgan fingerprint density at radius 3 is 2.78 bits per heavy atom. The van der Waals surface area contributed by atoms with Crippen molar-refractivity contribution in [3.05, 3.63) is 67.0 Å². The molecule has 2 aliphatic rings. The lowest BCUT2D eigenvalue weighted by Gasteiger charge is -2.27. The van der Waals surface area contributed by atoms with E-state index in [2.05, 4.69) is 10.3 Å². The number of amides is 1. The number of nitrogens with one attached hydrogen (secondary N) is 1. The molecular formula is C24H24N4O3S. The molecule has 1 saturated carbocycles. The molecule has 0 radical (unpaired) electrons.